The molecule has 2 saturated heterocycles. The highest BCUT2D eigenvalue weighted by molar-refractivity contribution is 7.99. The summed E-state index contributed by atoms with van der Waals surface area (Å²) in [5.74, 6) is 2.89. The monoisotopic (exact) mass is 331 g/mol. The van der Waals surface area contributed by atoms with E-state index in [1.54, 1.807) is 0 Å². The van der Waals surface area contributed by atoms with Crippen molar-refractivity contribution in [1.29, 1.82) is 0 Å². The fourth-order valence-electron chi connectivity index (χ4n) is 4.02. The molecule has 4 rings (SSSR count). The maximum absolute atomic E-state index is 12.5. The number of para-hydroxylation sites is 1. The van der Waals surface area contributed by atoms with Gasteiger partial charge in [0.2, 0.25) is 5.91 Å². The number of hydrogen-bond donors (Lipinski definition) is 1. The van der Waals surface area contributed by atoms with Crippen molar-refractivity contribution in [1.82, 2.24) is 10.2 Å². The van der Waals surface area contributed by atoms with Crippen molar-refractivity contribution in [3.05, 3.63) is 29.8 Å². The summed E-state index contributed by atoms with van der Waals surface area (Å²) >= 11 is 1.82. The van der Waals surface area contributed by atoms with Crippen LogP contribution in [-0.4, -0.2) is 54.7 Å². The predicted molar refractivity (Wildman–Crippen MR) is 95.9 cm³/mol. The molecular weight excluding hydrogens is 306 g/mol. The molecule has 4 nitrogen and oxygen atoms in total. The van der Waals surface area contributed by atoms with Crippen molar-refractivity contribution in [3.63, 3.8) is 0 Å². The zero-order chi connectivity index (χ0) is 15.6. The molecule has 124 valence electrons. The number of rotatable bonds is 3. The van der Waals surface area contributed by atoms with Crippen LogP contribution in [0, 0.1) is 5.92 Å². The number of anilines is 1. The number of nitrogens with one attached hydrogen (secondary N) is 1. The highest BCUT2D eigenvalue weighted by Gasteiger charge is 2.31. The molecule has 0 aliphatic carbocycles. The Balaban J connectivity index is 1.30. The standard InChI is InChI=1S/C18H25N3OS/c22-18(16-12-23-13-19-16)20-8-5-14(6-9-20)11-21-10-7-15-3-1-2-4-17(15)21/h1-4,14,16,19H,5-13H2/t16-/m0/s1. The van der Waals surface area contributed by atoms with Crippen LogP contribution in [0.2, 0.25) is 0 Å². The lowest BCUT2D eigenvalue weighted by Gasteiger charge is -2.35. The van der Waals surface area contributed by atoms with Gasteiger partial charge in [0.1, 0.15) is 0 Å². The van der Waals surface area contributed by atoms with E-state index in [0.29, 0.717) is 5.91 Å². The van der Waals surface area contributed by atoms with Gasteiger partial charge in [-0.05, 0) is 36.8 Å². The third-order valence-corrected chi connectivity index (χ3v) is 6.34. The van der Waals surface area contributed by atoms with Gasteiger partial charge in [-0.3, -0.25) is 10.1 Å². The number of carbonyl (C=O) groups is 1. The Labute approximate surface area is 142 Å². The second-order valence-corrected chi connectivity index (χ2v) is 7.90. The zero-order valence-corrected chi connectivity index (χ0v) is 14.4. The summed E-state index contributed by atoms with van der Waals surface area (Å²) in [6.07, 6.45) is 3.47. The zero-order valence-electron chi connectivity index (χ0n) is 13.5. The molecule has 0 spiro atoms. The van der Waals surface area contributed by atoms with E-state index in [4.69, 9.17) is 0 Å². The molecule has 1 aromatic carbocycles. The predicted octanol–water partition coefficient (Wildman–Crippen LogP) is 1.95. The molecule has 1 amide bonds. The fraction of sp³-hybridized carbons (Fsp3) is 0.611. The van der Waals surface area contributed by atoms with Gasteiger partial charge in [0.05, 0.1) is 6.04 Å². The molecule has 0 bridgehead atoms. The van der Waals surface area contributed by atoms with Gasteiger partial charge in [-0.1, -0.05) is 18.2 Å². The molecule has 1 N–H and O–H groups in total. The summed E-state index contributed by atoms with van der Waals surface area (Å²) < 4.78 is 0. The lowest BCUT2D eigenvalue weighted by atomic mass is 9.95. The molecule has 3 aliphatic heterocycles. The average Bonchev–Trinajstić information content (AvgIpc) is 3.25. The van der Waals surface area contributed by atoms with E-state index >= 15 is 0 Å². The van der Waals surface area contributed by atoms with Gasteiger partial charge in [0, 0.05) is 43.5 Å². The maximum Gasteiger partial charge on any atom is 0.240 e. The smallest absolute Gasteiger partial charge is 0.240 e. The number of benzene rings is 1. The molecule has 3 aliphatic rings. The maximum atomic E-state index is 12.5. The summed E-state index contributed by atoms with van der Waals surface area (Å²) in [7, 11) is 0. The molecule has 0 unspecified atom stereocenters. The van der Waals surface area contributed by atoms with Crippen molar-refractivity contribution in [2.45, 2.75) is 25.3 Å². The van der Waals surface area contributed by atoms with Gasteiger partial charge in [-0.25, -0.2) is 0 Å². The summed E-state index contributed by atoms with van der Waals surface area (Å²) in [5, 5.41) is 3.30. The van der Waals surface area contributed by atoms with E-state index in [1.807, 2.05) is 11.8 Å². The molecule has 23 heavy (non-hydrogen) atoms. The first kappa shape index (κ1) is 15.3. The minimum atomic E-state index is 0.0574. The van der Waals surface area contributed by atoms with Crippen LogP contribution in [0.5, 0.6) is 0 Å². The van der Waals surface area contributed by atoms with Crippen LogP contribution in [0.15, 0.2) is 24.3 Å². The van der Waals surface area contributed by atoms with Gasteiger partial charge in [0.15, 0.2) is 0 Å². The van der Waals surface area contributed by atoms with Crippen LogP contribution in [0.4, 0.5) is 5.69 Å². The number of hydrogen-bond acceptors (Lipinski definition) is 4. The molecule has 1 atom stereocenters. The van der Waals surface area contributed by atoms with Gasteiger partial charge in [0.25, 0.3) is 0 Å². The summed E-state index contributed by atoms with van der Waals surface area (Å²) in [6, 6.07) is 8.85. The Bertz CT molecular complexity index is 565. The van der Waals surface area contributed by atoms with Crippen LogP contribution in [0.25, 0.3) is 0 Å². The molecule has 0 radical (unpaired) electrons. The van der Waals surface area contributed by atoms with Gasteiger partial charge < -0.3 is 9.80 Å². The summed E-state index contributed by atoms with van der Waals surface area (Å²) in [6.45, 7) is 4.17. The molecule has 1 aromatic rings. The quantitative estimate of drug-likeness (QED) is 0.918. The fourth-order valence-corrected chi connectivity index (χ4v) is 4.95. The van der Waals surface area contributed by atoms with Crippen molar-refractivity contribution in [2.75, 3.05) is 42.7 Å². The first-order valence-corrected chi connectivity index (χ1v) is 9.89. The molecule has 5 heteroatoms. The molecule has 0 saturated carbocycles. The number of likely N-dealkylation sites (tertiary alicyclic amines) is 1. The van der Waals surface area contributed by atoms with E-state index in [0.717, 1.165) is 56.6 Å². The minimum Gasteiger partial charge on any atom is -0.371 e. The average molecular weight is 331 g/mol. The Hall–Kier alpha value is -1.20. The van der Waals surface area contributed by atoms with Crippen molar-refractivity contribution >= 4 is 23.4 Å². The molecule has 0 aromatic heterocycles. The van der Waals surface area contributed by atoms with Gasteiger partial charge >= 0.3 is 0 Å². The van der Waals surface area contributed by atoms with Crippen LogP contribution in [0.1, 0.15) is 18.4 Å². The van der Waals surface area contributed by atoms with E-state index in [-0.39, 0.29) is 6.04 Å². The summed E-state index contributed by atoms with van der Waals surface area (Å²) in [4.78, 5) is 17.1. The van der Waals surface area contributed by atoms with Crippen LogP contribution in [-0.2, 0) is 11.2 Å². The second-order valence-electron chi connectivity index (χ2n) is 6.87. The Morgan fingerprint density at radius 1 is 1.22 bits per heavy atom. The normalized spacial score (nSPS) is 25.0. The molecule has 2 fully saturated rings. The summed E-state index contributed by atoms with van der Waals surface area (Å²) in [5.41, 5.74) is 2.92. The third kappa shape index (κ3) is 3.22. The van der Waals surface area contributed by atoms with Crippen LogP contribution < -0.4 is 10.2 Å². The van der Waals surface area contributed by atoms with Gasteiger partial charge in [-0.2, -0.15) is 0 Å². The lowest BCUT2D eigenvalue weighted by molar-refractivity contribution is -0.134. The van der Waals surface area contributed by atoms with Crippen molar-refractivity contribution < 1.29 is 4.79 Å². The van der Waals surface area contributed by atoms with E-state index in [9.17, 15) is 4.79 Å². The van der Waals surface area contributed by atoms with Crippen LogP contribution >= 0.6 is 11.8 Å². The Morgan fingerprint density at radius 2 is 2.04 bits per heavy atom. The SMILES string of the molecule is O=C([C@@H]1CSCN1)N1CCC(CN2CCc3ccccc32)CC1. The first-order chi connectivity index (χ1) is 11.3. The minimum absolute atomic E-state index is 0.0574. The molecular formula is C18H25N3OS. The van der Waals surface area contributed by atoms with E-state index < -0.39 is 0 Å². The number of thioether (sulfide) groups is 1. The Morgan fingerprint density at radius 3 is 2.83 bits per heavy atom. The number of amides is 1. The third-order valence-electron chi connectivity index (χ3n) is 5.40. The number of piperidine rings is 1. The van der Waals surface area contributed by atoms with Crippen molar-refractivity contribution in [2.24, 2.45) is 5.92 Å². The van der Waals surface area contributed by atoms with Crippen molar-refractivity contribution in [3.8, 4) is 0 Å². The highest BCUT2D eigenvalue weighted by atomic mass is 32.2. The first-order valence-electron chi connectivity index (χ1n) is 8.74. The Kier molecular flexibility index (Phi) is 4.49. The van der Waals surface area contributed by atoms with Gasteiger partial charge in [-0.15, -0.1) is 11.8 Å². The largest absolute Gasteiger partial charge is 0.371 e. The number of nitrogens with zero attached hydrogens (tertiary/aromatic N) is 2. The second kappa shape index (κ2) is 6.73. The lowest BCUT2D eigenvalue weighted by Crippen LogP contribution is -2.48. The number of carbonyl (C=O) groups excluding carboxylic acids is 1. The van der Waals surface area contributed by atoms with E-state index in [1.165, 1.54) is 17.7 Å². The highest BCUT2D eigenvalue weighted by Crippen LogP contribution is 2.30. The topological polar surface area (TPSA) is 35.6 Å². The number of fused-ring (bicyclic) bond motifs is 1. The molecule has 3 heterocycles. The van der Waals surface area contributed by atoms with E-state index in [2.05, 4.69) is 39.4 Å². The van der Waals surface area contributed by atoms with Crippen LogP contribution in [0.3, 0.4) is 0 Å².